The van der Waals surface area contributed by atoms with Gasteiger partial charge in [-0.2, -0.15) is 0 Å². The Bertz CT molecular complexity index is 1100. The first-order valence-electron chi connectivity index (χ1n) is 8.53. The molecular weight excluding hydrogens is 362 g/mol. The molecule has 1 unspecified atom stereocenters. The van der Waals surface area contributed by atoms with Crippen LogP contribution in [0.3, 0.4) is 0 Å². The molecule has 1 aliphatic rings. The average Bonchev–Trinajstić information content (AvgIpc) is 2.95. The van der Waals surface area contributed by atoms with Crippen LogP contribution in [0.25, 0.3) is 11.1 Å². The number of nitrogens with two attached hydrogens (primary N) is 1. The van der Waals surface area contributed by atoms with Crippen LogP contribution in [-0.2, 0) is 10.3 Å². The number of likely N-dealkylation sites (N-methyl/N-ethyl adjacent to an activating group) is 1. The van der Waals surface area contributed by atoms with Gasteiger partial charge in [-0.3, -0.25) is 14.7 Å². The van der Waals surface area contributed by atoms with Crippen molar-refractivity contribution < 1.29 is 13.6 Å². The maximum Gasteiger partial charge on any atom is 0.266 e. The lowest BCUT2D eigenvalue weighted by Gasteiger charge is -2.26. The Balaban J connectivity index is 1.95. The molecule has 0 aliphatic carbocycles. The zero-order valence-electron chi connectivity index (χ0n) is 14.9. The van der Waals surface area contributed by atoms with E-state index in [0.29, 0.717) is 16.7 Å². The summed E-state index contributed by atoms with van der Waals surface area (Å²) in [7, 11) is 1.54. The zero-order chi connectivity index (χ0) is 19.9. The monoisotopic (exact) mass is 378 g/mol. The van der Waals surface area contributed by atoms with E-state index in [2.05, 4.69) is 9.98 Å². The number of guanidine groups is 1. The lowest BCUT2D eigenvalue weighted by Crippen LogP contribution is -2.41. The topological polar surface area (TPSA) is 71.6 Å². The van der Waals surface area contributed by atoms with Gasteiger partial charge in [0.05, 0.1) is 0 Å². The molecule has 1 amide bonds. The van der Waals surface area contributed by atoms with Crippen LogP contribution in [0.5, 0.6) is 0 Å². The number of halogens is 2. The standard InChI is InChI=1S/C21H16F2N4O/c1-27-19(28)21(26-20(27)24,15-6-3-9-25-12-15)14-5-2-4-13(10-14)17-11-16(22)7-8-18(17)23/h2-12H,1H3,(H2,24,26). The van der Waals surface area contributed by atoms with Crippen molar-refractivity contribution in [3.05, 3.63) is 89.8 Å². The molecule has 4 rings (SSSR count). The van der Waals surface area contributed by atoms with Crippen molar-refractivity contribution >= 4 is 11.9 Å². The Morgan fingerprint density at radius 3 is 2.50 bits per heavy atom. The van der Waals surface area contributed by atoms with E-state index in [4.69, 9.17) is 5.73 Å². The van der Waals surface area contributed by atoms with Gasteiger partial charge in [-0.1, -0.05) is 24.3 Å². The van der Waals surface area contributed by atoms with Gasteiger partial charge in [0.15, 0.2) is 11.5 Å². The molecule has 2 heterocycles. The molecule has 1 atom stereocenters. The minimum absolute atomic E-state index is 0.0659. The molecule has 2 aromatic carbocycles. The van der Waals surface area contributed by atoms with Gasteiger partial charge in [0.25, 0.3) is 5.91 Å². The molecule has 0 bridgehead atoms. The van der Waals surface area contributed by atoms with E-state index in [1.807, 2.05) is 0 Å². The number of amides is 1. The Morgan fingerprint density at radius 1 is 1.04 bits per heavy atom. The molecule has 28 heavy (non-hydrogen) atoms. The van der Waals surface area contributed by atoms with Gasteiger partial charge in [-0.15, -0.1) is 0 Å². The predicted molar refractivity (Wildman–Crippen MR) is 101 cm³/mol. The van der Waals surface area contributed by atoms with E-state index in [-0.39, 0.29) is 17.4 Å². The first kappa shape index (κ1) is 17.8. The highest BCUT2D eigenvalue weighted by molar-refractivity contribution is 6.09. The summed E-state index contributed by atoms with van der Waals surface area (Å²) >= 11 is 0. The number of aliphatic imine (C=N–C) groups is 1. The second kappa shape index (κ2) is 6.53. The normalized spacial score (nSPS) is 19.0. The lowest BCUT2D eigenvalue weighted by atomic mass is 9.82. The summed E-state index contributed by atoms with van der Waals surface area (Å²) in [6, 6.07) is 13.3. The Kier molecular flexibility index (Phi) is 4.15. The molecule has 0 fully saturated rings. The summed E-state index contributed by atoms with van der Waals surface area (Å²) < 4.78 is 27.9. The highest BCUT2D eigenvalue weighted by Crippen LogP contribution is 2.40. The van der Waals surface area contributed by atoms with Crippen LogP contribution in [0.15, 0.2) is 72.0 Å². The first-order chi connectivity index (χ1) is 13.4. The highest BCUT2D eigenvalue weighted by Gasteiger charge is 2.49. The van der Waals surface area contributed by atoms with Crippen LogP contribution in [0, 0.1) is 11.6 Å². The lowest BCUT2D eigenvalue weighted by molar-refractivity contribution is -0.129. The summed E-state index contributed by atoms with van der Waals surface area (Å²) in [4.78, 5) is 23.0. The van der Waals surface area contributed by atoms with E-state index >= 15 is 0 Å². The fourth-order valence-corrected chi connectivity index (χ4v) is 3.39. The molecule has 7 heteroatoms. The van der Waals surface area contributed by atoms with Gasteiger partial charge in [0.1, 0.15) is 11.6 Å². The van der Waals surface area contributed by atoms with Crippen LogP contribution in [0.4, 0.5) is 8.78 Å². The number of pyridine rings is 1. The molecular formula is C21H16F2N4O. The van der Waals surface area contributed by atoms with Crippen molar-refractivity contribution in [1.29, 1.82) is 0 Å². The second-order valence-electron chi connectivity index (χ2n) is 6.49. The molecule has 3 aromatic rings. The van der Waals surface area contributed by atoms with Crippen molar-refractivity contribution in [2.75, 3.05) is 7.05 Å². The summed E-state index contributed by atoms with van der Waals surface area (Å²) in [6.45, 7) is 0. The average molecular weight is 378 g/mol. The molecule has 0 saturated heterocycles. The van der Waals surface area contributed by atoms with E-state index < -0.39 is 17.2 Å². The van der Waals surface area contributed by atoms with Gasteiger partial charge in [-0.05, 0) is 41.5 Å². The van der Waals surface area contributed by atoms with Crippen molar-refractivity contribution in [3.63, 3.8) is 0 Å². The number of hydrogen-bond donors (Lipinski definition) is 1. The third-order valence-electron chi connectivity index (χ3n) is 4.84. The number of carbonyl (C=O) groups is 1. The van der Waals surface area contributed by atoms with Crippen LogP contribution in [-0.4, -0.2) is 28.8 Å². The maximum absolute atomic E-state index is 14.3. The minimum atomic E-state index is -1.44. The van der Waals surface area contributed by atoms with Gasteiger partial charge < -0.3 is 5.73 Å². The van der Waals surface area contributed by atoms with Crippen molar-refractivity contribution in [1.82, 2.24) is 9.88 Å². The Morgan fingerprint density at radius 2 is 1.82 bits per heavy atom. The second-order valence-corrected chi connectivity index (χ2v) is 6.49. The first-order valence-corrected chi connectivity index (χ1v) is 8.53. The van der Waals surface area contributed by atoms with Crippen LogP contribution < -0.4 is 5.73 Å². The number of nitrogens with zero attached hydrogens (tertiary/aromatic N) is 3. The minimum Gasteiger partial charge on any atom is -0.369 e. The van der Waals surface area contributed by atoms with Gasteiger partial charge in [0.2, 0.25) is 0 Å². The smallest absolute Gasteiger partial charge is 0.266 e. The van der Waals surface area contributed by atoms with Crippen molar-refractivity contribution in [3.8, 4) is 11.1 Å². The van der Waals surface area contributed by atoms with Crippen molar-refractivity contribution in [2.45, 2.75) is 5.54 Å². The molecule has 0 spiro atoms. The van der Waals surface area contributed by atoms with E-state index in [9.17, 15) is 13.6 Å². The SMILES string of the molecule is CN1C(=O)C(c2cccnc2)(c2cccc(-c3cc(F)ccc3F)c2)N=C1N. The Labute approximate surface area is 160 Å². The quantitative estimate of drug-likeness (QED) is 0.761. The fraction of sp³-hybridized carbons (Fsp3) is 0.0952. The van der Waals surface area contributed by atoms with Gasteiger partial charge >= 0.3 is 0 Å². The molecule has 1 aromatic heterocycles. The number of rotatable bonds is 3. The number of aromatic nitrogens is 1. The maximum atomic E-state index is 14.3. The summed E-state index contributed by atoms with van der Waals surface area (Å²) in [5.74, 6) is -1.40. The third kappa shape index (κ3) is 2.63. The molecule has 1 aliphatic heterocycles. The fourth-order valence-electron chi connectivity index (χ4n) is 3.39. The summed E-state index contributed by atoms with van der Waals surface area (Å²) in [6.07, 6.45) is 3.13. The predicted octanol–water partition coefficient (Wildman–Crippen LogP) is 3.06. The van der Waals surface area contributed by atoms with E-state index in [1.54, 1.807) is 48.8 Å². The molecule has 2 N–H and O–H groups in total. The Hall–Kier alpha value is -3.61. The zero-order valence-corrected chi connectivity index (χ0v) is 14.9. The molecule has 0 radical (unpaired) electrons. The van der Waals surface area contributed by atoms with Gasteiger partial charge in [0, 0.05) is 30.6 Å². The molecule has 0 saturated carbocycles. The third-order valence-corrected chi connectivity index (χ3v) is 4.84. The highest BCUT2D eigenvalue weighted by atomic mass is 19.1. The van der Waals surface area contributed by atoms with E-state index in [0.717, 1.165) is 18.2 Å². The van der Waals surface area contributed by atoms with Crippen LogP contribution >= 0.6 is 0 Å². The molecule has 5 nitrogen and oxygen atoms in total. The number of hydrogen-bond acceptors (Lipinski definition) is 4. The van der Waals surface area contributed by atoms with Crippen molar-refractivity contribution in [2.24, 2.45) is 10.7 Å². The van der Waals surface area contributed by atoms with Crippen LogP contribution in [0.2, 0.25) is 0 Å². The summed E-state index contributed by atoms with van der Waals surface area (Å²) in [5.41, 5.74) is 6.04. The molecule has 140 valence electrons. The summed E-state index contributed by atoms with van der Waals surface area (Å²) in [5, 5.41) is 0. The number of carbonyl (C=O) groups excluding carboxylic acids is 1. The van der Waals surface area contributed by atoms with E-state index in [1.165, 1.54) is 11.9 Å². The number of benzene rings is 2. The van der Waals surface area contributed by atoms with Crippen LogP contribution in [0.1, 0.15) is 11.1 Å². The largest absolute Gasteiger partial charge is 0.369 e. The van der Waals surface area contributed by atoms with Gasteiger partial charge in [-0.25, -0.2) is 13.8 Å².